The molecule has 0 bridgehead atoms. The number of hydrogen-bond acceptors (Lipinski definition) is 3. The lowest BCUT2D eigenvalue weighted by Crippen LogP contribution is -2.29. The molecule has 0 unspecified atom stereocenters. The normalized spacial score (nSPS) is 10.2. The molecule has 0 spiro atoms. The van der Waals surface area contributed by atoms with Crippen LogP contribution < -0.4 is 5.32 Å². The van der Waals surface area contributed by atoms with Gasteiger partial charge in [-0.05, 0) is 35.9 Å². The lowest BCUT2D eigenvalue weighted by molar-refractivity contribution is -0.135. The van der Waals surface area contributed by atoms with E-state index in [4.69, 9.17) is 5.11 Å². The van der Waals surface area contributed by atoms with Gasteiger partial charge >= 0.3 is 5.97 Å². The van der Waals surface area contributed by atoms with Crippen molar-refractivity contribution in [3.8, 4) is 11.3 Å². The van der Waals surface area contributed by atoms with Crippen molar-refractivity contribution in [2.45, 2.75) is 0 Å². The second-order valence-corrected chi connectivity index (χ2v) is 3.75. The number of carbonyl (C=O) groups excluding carboxylic acids is 1. The van der Waals surface area contributed by atoms with Crippen LogP contribution in [0.5, 0.6) is 0 Å². The molecule has 0 saturated heterocycles. The maximum atomic E-state index is 12.8. The van der Waals surface area contributed by atoms with Gasteiger partial charge in [0.05, 0.1) is 5.69 Å². The molecule has 6 nitrogen and oxygen atoms in total. The second kappa shape index (κ2) is 5.30. The summed E-state index contributed by atoms with van der Waals surface area (Å²) in [5, 5.41) is 17.0. The molecule has 1 amide bonds. The van der Waals surface area contributed by atoms with Crippen LogP contribution in [0, 0.1) is 5.82 Å². The Morgan fingerprint density at radius 1 is 1.32 bits per heavy atom. The van der Waals surface area contributed by atoms with Crippen LogP contribution in [0.3, 0.4) is 0 Å². The van der Waals surface area contributed by atoms with Gasteiger partial charge in [-0.3, -0.25) is 14.7 Å². The Hall–Kier alpha value is -2.70. The minimum absolute atomic E-state index is 0.0700. The number of carboxylic acids is 1. The van der Waals surface area contributed by atoms with Gasteiger partial charge in [-0.25, -0.2) is 4.39 Å². The molecule has 2 rings (SSSR count). The van der Waals surface area contributed by atoms with Crippen molar-refractivity contribution >= 4 is 11.9 Å². The van der Waals surface area contributed by atoms with Crippen LogP contribution in [0.2, 0.25) is 0 Å². The Balaban J connectivity index is 2.12. The molecule has 2 aromatic rings. The van der Waals surface area contributed by atoms with E-state index < -0.39 is 18.4 Å². The SMILES string of the molecule is O=C(O)CNC(=O)c1cc(-c2ccc(F)cc2)[nH]n1. The molecule has 0 aliphatic rings. The average Bonchev–Trinajstić information content (AvgIpc) is 2.86. The van der Waals surface area contributed by atoms with Gasteiger partial charge in [0, 0.05) is 0 Å². The van der Waals surface area contributed by atoms with Gasteiger partial charge in [-0.15, -0.1) is 0 Å². The van der Waals surface area contributed by atoms with E-state index in [1.165, 1.54) is 18.2 Å². The predicted molar refractivity (Wildman–Crippen MR) is 64.0 cm³/mol. The summed E-state index contributed by atoms with van der Waals surface area (Å²) >= 11 is 0. The van der Waals surface area contributed by atoms with Gasteiger partial charge in [-0.1, -0.05) is 0 Å². The zero-order valence-corrected chi connectivity index (χ0v) is 9.68. The number of rotatable bonds is 4. The lowest BCUT2D eigenvalue weighted by Gasteiger charge is -1.97. The number of hydrogen-bond donors (Lipinski definition) is 3. The Morgan fingerprint density at radius 2 is 2.00 bits per heavy atom. The number of H-pyrrole nitrogens is 1. The molecular formula is C12H10FN3O3. The maximum Gasteiger partial charge on any atom is 0.322 e. The highest BCUT2D eigenvalue weighted by atomic mass is 19.1. The molecule has 19 heavy (non-hydrogen) atoms. The Bertz CT molecular complexity index is 607. The molecule has 98 valence electrons. The number of aromatic nitrogens is 2. The number of amides is 1. The van der Waals surface area contributed by atoms with Crippen LogP contribution in [0.4, 0.5) is 4.39 Å². The Kier molecular flexibility index (Phi) is 3.56. The lowest BCUT2D eigenvalue weighted by atomic mass is 10.1. The number of nitrogens with one attached hydrogen (secondary N) is 2. The van der Waals surface area contributed by atoms with Gasteiger partial charge in [0.15, 0.2) is 5.69 Å². The molecule has 7 heteroatoms. The molecule has 1 aromatic heterocycles. The molecule has 0 aliphatic heterocycles. The summed E-state index contributed by atoms with van der Waals surface area (Å²) in [6.07, 6.45) is 0. The summed E-state index contributed by atoms with van der Waals surface area (Å²) in [5.41, 5.74) is 1.28. The molecule has 3 N–H and O–H groups in total. The smallest absolute Gasteiger partial charge is 0.322 e. The highest BCUT2D eigenvalue weighted by Crippen LogP contribution is 2.17. The number of carboxylic acid groups (broad SMARTS) is 1. The summed E-state index contributed by atoms with van der Waals surface area (Å²) < 4.78 is 12.8. The molecule has 1 aromatic carbocycles. The number of nitrogens with zero attached hydrogens (tertiary/aromatic N) is 1. The molecule has 0 fully saturated rings. The first kappa shape index (κ1) is 12.7. The zero-order chi connectivity index (χ0) is 13.8. The molecular weight excluding hydrogens is 253 g/mol. The number of benzene rings is 1. The highest BCUT2D eigenvalue weighted by molar-refractivity contribution is 5.94. The van der Waals surface area contributed by atoms with E-state index in [9.17, 15) is 14.0 Å². The molecule has 0 aliphatic carbocycles. The first-order valence-electron chi connectivity index (χ1n) is 5.37. The summed E-state index contributed by atoms with van der Waals surface area (Å²) in [7, 11) is 0. The maximum absolute atomic E-state index is 12.8. The number of halogens is 1. The van der Waals surface area contributed by atoms with Gasteiger partial charge in [0.1, 0.15) is 12.4 Å². The fraction of sp³-hybridized carbons (Fsp3) is 0.0833. The third-order valence-corrected chi connectivity index (χ3v) is 2.37. The Labute approximate surface area is 107 Å². The third-order valence-electron chi connectivity index (χ3n) is 2.37. The van der Waals surface area contributed by atoms with Crippen LogP contribution in [0.25, 0.3) is 11.3 Å². The third kappa shape index (κ3) is 3.15. The fourth-order valence-electron chi connectivity index (χ4n) is 1.46. The fourth-order valence-corrected chi connectivity index (χ4v) is 1.46. The number of aliphatic carboxylic acids is 1. The second-order valence-electron chi connectivity index (χ2n) is 3.75. The number of carbonyl (C=O) groups is 2. The van der Waals surface area contributed by atoms with Crippen molar-refractivity contribution in [3.05, 3.63) is 41.8 Å². The van der Waals surface area contributed by atoms with Gasteiger partial charge in [0.2, 0.25) is 0 Å². The van der Waals surface area contributed by atoms with Crippen molar-refractivity contribution in [2.75, 3.05) is 6.54 Å². The van der Waals surface area contributed by atoms with Crippen LogP contribution in [0.15, 0.2) is 30.3 Å². The highest BCUT2D eigenvalue weighted by Gasteiger charge is 2.12. The standard InChI is InChI=1S/C12H10FN3O3/c13-8-3-1-7(2-4-8)9-5-10(16-15-9)12(19)14-6-11(17)18/h1-5H,6H2,(H,14,19)(H,15,16)(H,17,18). The molecule has 0 saturated carbocycles. The summed E-state index contributed by atoms with van der Waals surface area (Å²) in [5.74, 6) is -2.09. The minimum Gasteiger partial charge on any atom is -0.480 e. The topological polar surface area (TPSA) is 95.1 Å². The van der Waals surface area contributed by atoms with E-state index in [2.05, 4.69) is 15.5 Å². The van der Waals surface area contributed by atoms with Crippen LogP contribution in [0.1, 0.15) is 10.5 Å². The summed E-state index contributed by atoms with van der Waals surface area (Å²) in [4.78, 5) is 21.8. The van der Waals surface area contributed by atoms with E-state index in [0.717, 1.165) is 0 Å². The van der Waals surface area contributed by atoms with E-state index >= 15 is 0 Å². The first-order valence-corrected chi connectivity index (χ1v) is 5.37. The first-order chi connectivity index (χ1) is 9.06. The summed E-state index contributed by atoms with van der Waals surface area (Å²) in [6.45, 7) is -0.475. The van der Waals surface area contributed by atoms with Crippen LogP contribution in [-0.2, 0) is 4.79 Å². The van der Waals surface area contributed by atoms with E-state index in [-0.39, 0.29) is 11.5 Å². The van der Waals surface area contributed by atoms with E-state index in [0.29, 0.717) is 11.3 Å². The number of aromatic amines is 1. The monoisotopic (exact) mass is 263 g/mol. The van der Waals surface area contributed by atoms with E-state index in [1.807, 2.05) is 0 Å². The molecule has 0 radical (unpaired) electrons. The van der Waals surface area contributed by atoms with Gasteiger partial charge < -0.3 is 10.4 Å². The predicted octanol–water partition coefficient (Wildman–Crippen LogP) is 1.03. The van der Waals surface area contributed by atoms with Crippen molar-refractivity contribution in [3.63, 3.8) is 0 Å². The van der Waals surface area contributed by atoms with Crippen molar-refractivity contribution in [1.29, 1.82) is 0 Å². The van der Waals surface area contributed by atoms with E-state index in [1.54, 1.807) is 12.1 Å². The largest absolute Gasteiger partial charge is 0.480 e. The van der Waals surface area contributed by atoms with Crippen LogP contribution >= 0.6 is 0 Å². The average molecular weight is 263 g/mol. The minimum atomic E-state index is -1.14. The van der Waals surface area contributed by atoms with Crippen molar-refractivity contribution in [1.82, 2.24) is 15.5 Å². The van der Waals surface area contributed by atoms with Gasteiger partial charge in [-0.2, -0.15) is 5.10 Å². The molecule has 0 atom stereocenters. The summed E-state index contributed by atoms with van der Waals surface area (Å²) in [6, 6.07) is 7.13. The quantitative estimate of drug-likeness (QED) is 0.767. The van der Waals surface area contributed by atoms with Crippen molar-refractivity contribution < 1.29 is 19.1 Å². The zero-order valence-electron chi connectivity index (χ0n) is 9.68. The Morgan fingerprint density at radius 3 is 2.63 bits per heavy atom. The van der Waals surface area contributed by atoms with Crippen molar-refractivity contribution in [2.24, 2.45) is 0 Å². The molecule has 1 heterocycles. The van der Waals surface area contributed by atoms with Crippen LogP contribution in [-0.4, -0.2) is 33.7 Å². The van der Waals surface area contributed by atoms with Gasteiger partial charge in [0.25, 0.3) is 5.91 Å².